The van der Waals surface area contributed by atoms with E-state index in [1.165, 1.54) is 0 Å². The largest absolute Gasteiger partial charge is 0.374 e. The molecule has 0 saturated heterocycles. The Kier molecular flexibility index (Phi) is 4.25. The smallest absolute Gasteiger partial charge is 0.122 e. The fraction of sp³-hybridized carbons (Fsp3) is 0.727. The summed E-state index contributed by atoms with van der Waals surface area (Å²) in [6, 6.07) is 0. The molecule has 1 aromatic rings. The summed E-state index contributed by atoms with van der Waals surface area (Å²) in [7, 11) is 3.67. The third-order valence-electron chi connectivity index (χ3n) is 2.17. The van der Waals surface area contributed by atoms with Crippen LogP contribution in [0.5, 0.6) is 0 Å². The van der Waals surface area contributed by atoms with E-state index in [4.69, 9.17) is 4.74 Å². The fourth-order valence-corrected chi connectivity index (χ4v) is 2.67. The predicted octanol–water partition coefficient (Wildman–Crippen LogP) is 2.60. The summed E-state index contributed by atoms with van der Waals surface area (Å²) < 4.78 is 5.52. The molecule has 0 amide bonds. The first-order chi connectivity index (χ1) is 6.99. The zero-order valence-electron chi connectivity index (χ0n) is 10.1. The second-order valence-corrected chi connectivity index (χ2v) is 5.58. The lowest BCUT2D eigenvalue weighted by atomic mass is 9.89. The molecule has 0 radical (unpaired) electrons. The second kappa shape index (κ2) is 5.05. The van der Waals surface area contributed by atoms with Crippen molar-refractivity contribution in [3.8, 4) is 0 Å². The van der Waals surface area contributed by atoms with Crippen LogP contribution < -0.4 is 5.32 Å². The Bertz CT molecular complexity index is 304. The summed E-state index contributed by atoms with van der Waals surface area (Å²) in [6.07, 6.45) is 0.0770. The molecule has 1 unspecified atom stereocenters. The molecular weight excluding hydrogens is 208 g/mol. The van der Waals surface area contributed by atoms with Crippen LogP contribution in [0.2, 0.25) is 0 Å². The number of rotatable bonds is 4. The van der Waals surface area contributed by atoms with Crippen molar-refractivity contribution in [1.29, 1.82) is 0 Å². The van der Waals surface area contributed by atoms with Crippen molar-refractivity contribution in [3.05, 3.63) is 16.1 Å². The Hall–Kier alpha value is -0.450. The van der Waals surface area contributed by atoms with Crippen molar-refractivity contribution < 1.29 is 4.74 Å². The van der Waals surface area contributed by atoms with Crippen LogP contribution in [0.25, 0.3) is 0 Å². The van der Waals surface area contributed by atoms with Crippen LogP contribution in [0.3, 0.4) is 0 Å². The molecule has 1 rings (SSSR count). The Morgan fingerprint density at radius 2 is 2.20 bits per heavy atom. The van der Waals surface area contributed by atoms with Crippen LogP contribution in [0.4, 0.5) is 0 Å². The summed E-state index contributed by atoms with van der Waals surface area (Å²) in [4.78, 5) is 4.57. The van der Waals surface area contributed by atoms with Crippen LogP contribution in [0.15, 0.2) is 5.38 Å². The SMILES string of the molecule is CNCc1csc(C(OC)C(C)(C)C)n1. The minimum atomic E-state index is 0.0770. The van der Waals surface area contributed by atoms with Crippen molar-refractivity contribution in [2.75, 3.05) is 14.2 Å². The van der Waals surface area contributed by atoms with E-state index in [-0.39, 0.29) is 11.5 Å². The lowest BCUT2D eigenvalue weighted by Crippen LogP contribution is -2.20. The average molecular weight is 228 g/mol. The van der Waals surface area contributed by atoms with Crippen molar-refractivity contribution >= 4 is 11.3 Å². The summed E-state index contributed by atoms with van der Waals surface area (Å²) >= 11 is 1.67. The lowest BCUT2D eigenvalue weighted by Gasteiger charge is -2.27. The first-order valence-electron chi connectivity index (χ1n) is 5.10. The van der Waals surface area contributed by atoms with Crippen LogP contribution in [-0.4, -0.2) is 19.1 Å². The maximum atomic E-state index is 5.52. The summed E-state index contributed by atoms with van der Waals surface area (Å²) in [5, 5.41) is 6.25. The Morgan fingerprint density at radius 3 is 2.67 bits per heavy atom. The molecule has 3 nitrogen and oxygen atoms in total. The van der Waals surface area contributed by atoms with Gasteiger partial charge in [-0.05, 0) is 12.5 Å². The zero-order chi connectivity index (χ0) is 11.5. The highest BCUT2D eigenvalue weighted by Gasteiger charge is 2.28. The summed E-state index contributed by atoms with van der Waals surface area (Å²) in [6.45, 7) is 7.32. The number of methoxy groups -OCH3 is 1. The number of nitrogens with one attached hydrogen (secondary N) is 1. The lowest BCUT2D eigenvalue weighted by molar-refractivity contribution is 0.0149. The van der Waals surface area contributed by atoms with Crippen LogP contribution >= 0.6 is 11.3 Å². The Morgan fingerprint density at radius 1 is 1.53 bits per heavy atom. The Balaban J connectivity index is 2.83. The van der Waals surface area contributed by atoms with Gasteiger partial charge >= 0.3 is 0 Å². The first-order valence-corrected chi connectivity index (χ1v) is 5.98. The minimum Gasteiger partial charge on any atom is -0.374 e. The minimum absolute atomic E-state index is 0.0770. The van der Waals surface area contributed by atoms with Crippen molar-refractivity contribution in [2.45, 2.75) is 33.4 Å². The molecule has 1 N–H and O–H groups in total. The quantitative estimate of drug-likeness (QED) is 0.860. The third kappa shape index (κ3) is 3.26. The van der Waals surface area contributed by atoms with E-state index >= 15 is 0 Å². The van der Waals surface area contributed by atoms with Gasteiger partial charge in [0.1, 0.15) is 11.1 Å². The van der Waals surface area contributed by atoms with Gasteiger partial charge in [-0.3, -0.25) is 0 Å². The standard InChI is InChI=1S/C11H20N2OS/c1-11(2,3)9(14-5)10-13-8(6-12-4)7-15-10/h7,9,12H,6H2,1-5H3. The molecule has 1 aromatic heterocycles. The molecule has 0 aromatic carbocycles. The van der Waals surface area contributed by atoms with Gasteiger partial charge in [0.25, 0.3) is 0 Å². The van der Waals surface area contributed by atoms with Gasteiger partial charge in [0.05, 0.1) is 5.69 Å². The zero-order valence-corrected chi connectivity index (χ0v) is 10.9. The Labute approximate surface area is 95.9 Å². The normalized spacial score (nSPS) is 14.2. The molecule has 0 fully saturated rings. The molecule has 1 heterocycles. The number of aromatic nitrogens is 1. The van der Waals surface area contributed by atoms with Gasteiger partial charge in [-0.15, -0.1) is 11.3 Å². The topological polar surface area (TPSA) is 34.1 Å². The van der Waals surface area contributed by atoms with Gasteiger partial charge in [-0.25, -0.2) is 4.98 Å². The summed E-state index contributed by atoms with van der Waals surface area (Å²) in [5.41, 5.74) is 1.17. The van der Waals surface area contributed by atoms with Crippen molar-refractivity contribution in [2.24, 2.45) is 5.41 Å². The maximum absolute atomic E-state index is 5.52. The van der Waals surface area contributed by atoms with Gasteiger partial charge in [0.15, 0.2) is 0 Å². The molecule has 4 heteroatoms. The average Bonchev–Trinajstić information content (AvgIpc) is 2.52. The van der Waals surface area contributed by atoms with Gasteiger partial charge in [0.2, 0.25) is 0 Å². The molecule has 0 aliphatic heterocycles. The van der Waals surface area contributed by atoms with Gasteiger partial charge < -0.3 is 10.1 Å². The second-order valence-electron chi connectivity index (χ2n) is 4.69. The third-order valence-corrected chi connectivity index (χ3v) is 3.11. The van der Waals surface area contributed by atoms with Crippen molar-refractivity contribution in [3.63, 3.8) is 0 Å². The first kappa shape index (κ1) is 12.6. The van der Waals surface area contributed by atoms with E-state index in [0.717, 1.165) is 17.2 Å². The van der Waals surface area contributed by atoms with Crippen LogP contribution in [0, 0.1) is 5.41 Å². The summed E-state index contributed by atoms with van der Waals surface area (Å²) in [5.74, 6) is 0. The monoisotopic (exact) mass is 228 g/mol. The maximum Gasteiger partial charge on any atom is 0.122 e. The predicted molar refractivity (Wildman–Crippen MR) is 64.1 cm³/mol. The number of hydrogen-bond acceptors (Lipinski definition) is 4. The van der Waals surface area contributed by atoms with E-state index in [0.29, 0.717) is 0 Å². The number of hydrogen-bond donors (Lipinski definition) is 1. The fourth-order valence-electron chi connectivity index (χ4n) is 1.53. The molecule has 0 spiro atoms. The highest BCUT2D eigenvalue weighted by molar-refractivity contribution is 7.09. The number of ether oxygens (including phenoxy) is 1. The molecule has 0 saturated carbocycles. The molecule has 15 heavy (non-hydrogen) atoms. The van der Waals surface area contributed by atoms with E-state index in [9.17, 15) is 0 Å². The van der Waals surface area contributed by atoms with Crippen LogP contribution in [0.1, 0.15) is 37.6 Å². The highest BCUT2D eigenvalue weighted by atomic mass is 32.1. The van der Waals surface area contributed by atoms with E-state index in [1.54, 1.807) is 18.4 Å². The van der Waals surface area contributed by atoms with E-state index in [1.807, 2.05) is 7.05 Å². The van der Waals surface area contributed by atoms with E-state index < -0.39 is 0 Å². The van der Waals surface area contributed by atoms with E-state index in [2.05, 4.69) is 36.5 Å². The highest BCUT2D eigenvalue weighted by Crippen LogP contribution is 2.36. The molecule has 0 aliphatic carbocycles. The van der Waals surface area contributed by atoms with Gasteiger partial charge in [-0.2, -0.15) is 0 Å². The molecular formula is C11H20N2OS. The molecule has 0 bridgehead atoms. The molecule has 86 valence electrons. The molecule has 1 atom stereocenters. The number of nitrogens with zero attached hydrogens (tertiary/aromatic N) is 1. The van der Waals surface area contributed by atoms with Gasteiger partial charge in [0, 0.05) is 19.0 Å². The van der Waals surface area contributed by atoms with Crippen molar-refractivity contribution in [1.82, 2.24) is 10.3 Å². The molecule has 0 aliphatic rings. The van der Waals surface area contributed by atoms with Crippen LogP contribution in [-0.2, 0) is 11.3 Å². The van der Waals surface area contributed by atoms with Gasteiger partial charge in [-0.1, -0.05) is 20.8 Å². The number of thiazole rings is 1.